The van der Waals surface area contributed by atoms with Crippen LogP contribution in [0.15, 0.2) is 36.4 Å². The summed E-state index contributed by atoms with van der Waals surface area (Å²) in [6, 6.07) is 12.5. The molecule has 0 fully saturated rings. The molecule has 1 N–H and O–H groups in total. The molecule has 0 aliphatic rings. The Morgan fingerprint density at radius 3 is 2.55 bits per heavy atom. The highest BCUT2D eigenvalue weighted by atomic mass is 19.1. The maximum absolute atomic E-state index is 13.6. The summed E-state index contributed by atoms with van der Waals surface area (Å²) in [5, 5.41) is 12.0. The van der Waals surface area contributed by atoms with Crippen molar-refractivity contribution in [1.82, 2.24) is 0 Å². The molecule has 0 saturated heterocycles. The Labute approximate surface area is 117 Å². The topological polar surface area (TPSA) is 45.0 Å². The zero-order chi connectivity index (χ0) is 14.5. The normalized spacial score (nSPS) is 9.90. The van der Waals surface area contributed by atoms with Crippen LogP contribution >= 0.6 is 0 Å². The molecule has 0 amide bonds. The highest BCUT2D eigenvalue weighted by Crippen LogP contribution is 2.21. The Kier molecular flexibility index (Phi) is 4.21. The first-order chi connectivity index (χ1) is 9.63. The van der Waals surface area contributed by atoms with Gasteiger partial charge in [0.15, 0.2) is 0 Å². The second-order valence-electron chi connectivity index (χ2n) is 4.44. The predicted octanol–water partition coefficient (Wildman–Crippen LogP) is 3.63. The molecule has 0 heterocycles. The number of halogens is 1. The number of rotatable bonds is 4. The molecule has 0 spiro atoms. The van der Waals surface area contributed by atoms with Gasteiger partial charge in [0.05, 0.1) is 18.7 Å². The summed E-state index contributed by atoms with van der Waals surface area (Å²) in [7, 11) is 1.62. The number of hydrogen-bond acceptors (Lipinski definition) is 3. The molecule has 0 aromatic heterocycles. The van der Waals surface area contributed by atoms with E-state index >= 15 is 0 Å². The van der Waals surface area contributed by atoms with Crippen LogP contribution < -0.4 is 10.1 Å². The van der Waals surface area contributed by atoms with Gasteiger partial charge in [-0.2, -0.15) is 5.26 Å². The third-order valence-corrected chi connectivity index (χ3v) is 3.12. The summed E-state index contributed by atoms with van der Waals surface area (Å²) in [5.41, 5.74) is 2.51. The molecule has 0 atom stereocenters. The zero-order valence-corrected chi connectivity index (χ0v) is 11.4. The van der Waals surface area contributed by atoms with Crippen molar-refractivity contribution in [3.05, 3.63) is 58.9 Å². The summed E-state index contributed by atoms with van der Waals surface area (Å²) >= 11 is 0. The van der Waals surface area contributed by atoms with Crippen molar-refractivity contribution in [2.24, 2.45) is 0 Å². The minimum atomic E-state index is -0.374. The van der Waals surface area contributed by atoms with Gasteiger partial charge < -0.3 is 10.1 Å². The minimum absolute atomic E-state index is 0.310. The Morgan fingerprint density at radius 2 is 1.95 bits per heavy atom. The van der Waals surface area contributed by atoms with E-state index in [-0.39, 0.29) is 5.82 Å². The van der Waals surface area contributed by atoms with Crippen molar-refractivity contribution >= 4 is 5.69 Å². The molecule has 2 rings (SSSR count). The van der Waals surface area contributed by atoms with E-state index in [2.05, 4.69) is 5.32 Å². The second-order valence-corrected chi connectivity index (χ2v) is 4.44. The van der Waals surface area contributed by atoms with Gasteiger partial charge in [0, 0.05) is 17.8 Å². The SMILES string of the molecule is COc1ccc(CNc2cc(C#N)cc(F)c2C)cc1. The molecule has 0 aliphatic carbocycles. The largest absolute Gasteiger partial charge is 0.497 e. The molecule has 0 bridgehead atoms. The molecular formula is C16H15FN2O. The fraction of sp³-hybridized carbons (Fsp3) is 0.188. The van der Waals surface area contributed by atoms with Crippen LogP contribution in [0, 0.1) is 24.1 Å². The molecule has 2 aromatic carbocycles. The number of hydrogen-bond donors (Lipinski definition) is 1. The van der Waals surface area contributed by atoms with Gasteiger partial charge in [0.2, 0.25) is 0 Å². The fourth-order valence-electron chi connectivity index (χ4n) is 1.87. The number of nitrogens with one attached hydrogen (secondary N) is 1. The van der Waals surface area contributed by atoms with E-state index in [1.165, 1.54) is 6.07 Å². The summed E-state index contributed by atoms with van der Waals surface area (Å²) in [6.07, 6.45) is 0. The molecule has 0 unspecified atom stereocenters. The summed E-state index contributed by atoms with van der Waals surface area (Å²) in [4.78, 5) is 0. The van der Waals surface area contributed by atoms with Gasteiger partial charge >= 0.3 is 0 Å². The fourth-order valence-corrected chi connectivity index (χ4v) is 1.87. The molecule has 20 heavy (non-hydrogen) atoms. The number of anilines is 1. The average Bonchev–Trinajstić information content (AvgIpc) is 2.49. The van der Waals surface area contributed by atoms with Crippen LogP contribution in [0.5, 0.6) is 5.75 Å². The van der Waals surface area contributed by atoms with E-state index in [9.17, 15) is 4.39 Å². The zero-order valence-electron chi connectivity index (χ0n) is 11.4. The molecule has 0 saturated carbocycles. The van der Waals surface area contributed by atoms with E-state index < -0.39 is 0 Å². The Bertz CT molecular complexity index is 645. The first-order valence-corrected chi connectivity index (χ1v) is 6.21. The molecule has 0 aliphatic heterocycles. The van der Waals surface area contributed by atoms with Crippen molar-refractivity contribution in [3.63, 3.8) is 0 Å². The summed E-state index contributed by atoms with van der Waals surface area (Å²) < 4.78 is 18.7. The van der Waals surface area contributed by atoms with Crippen molar-refractivity contribution in [1.29, 1.82) is 5.26 Å². The van der Waals surface area contributed by atoms with Gasteiger partial charge in [-0.1, -0.05) is 12.1 Å². The van der Waals surface area contributed by atoms with Gasteiger partial charge in [0.1, 0.15) is 11.6 Å². The number of nitriles is 1. The molecular weight excluding hydrogens is 255 g/mol. The maximum atomic E-state index is 13.6. The Morgan fingerprint density at radius 1 is 1.25 bits per heavy atom. The quantitative estimate of drug-likeness (QED) is 0.922. The van der Waals surface area contributed by atoms with Crippen LogP contribution in [-0.2, 0) is 6.54 Å². The third kappa shape index (κ3) is 3.07. The van der Waals surface area contributed by atoms with Gasteiger partial charge in [-0.15, -0.1) is 0 Å². The minimum Gasteiger partial charge on any atom is -0.497 e. The van der Waals surface area contributed by atoms with E-state index in [4.69, 9.17) is 10.00 Å². The highest BCUT2D eigenvalue weighted by Gasteiger charge is 2.07. The van der Waals surface area contributed by atoms with Crippen LogP contribution in [0.2, 0.25) is 0 Å². The van der Waals surface area contributed by atoms with Crippen molar-refractivity contribution in [3.8, 4) is 11.8 Å². The van der Waals surface area contributed by atoms with Crippen LogP contribution in [0.25, 0.3) is 0 Å². The van der Waals surface area contributed by atoms with Crippen LogP contribution in [0.4, 0.5) is 10.1 Å². The first kappa shape index (κ1) is 13.9. The lowest BCUT2D eigenvalue weighted by molar-refractivity contribution is 0.414. The smallest absolute Gasteiger partial charge is 0.129 e. The molecule has 4 heteroatoms. The highest BCUT2D eigenvalue weighted by molar-refractivity contribution is 5.56. The Balaban J connectivity index is 2.14. The predicted molar refractivity (Wildman–Crippen MR) is 76.2 cm³/mol. The van der Waals surface area contributed by atoms with Crippen molar-refractivity contribution in [2.75, 3.05) is 12.4 Å². The van der Waals surface area contributed by atoms with Gasteiger partial charge in [-0.05, 0) is 36.8 Å². The third-order valence-electron chi connectivity index (χ3n) is 3.12. The second kappa shape index (κ2) is 6.07. The van der Waals surface area contributed by atoms with Gasteiger partial charge in [-0.3, -0.25) is 0 Å². The lowest BCUT2D eigenvalue weighted by Crippen LogP contribution is -2.03. The lowest BCUT2D eigenvalue weighted by atomic mass is 10.1. The summed E-state index contributed by atoms with van der Waals surface area (Å²) in [6.45, 7) is 2.24. The van der Waals surface area contributed by atoms with Crippen LogP contribution in [0.3, 0.4) is 0 Å². The standard InChI is InChI=1S/C16H15FN2O/c1-11-15(17)7-13(9-18)8-16(11)19-10-12-3-5-14(20-2)6-4-12/h3-8,19H,10H2,1-2H3. The maximum Gasteiger partial charge on any atom is 0.129 e. The van der Waals surface area contributed by atoms with Crippen molar-refractivity contribution < 1.29 is 9.13 Å². The van der Waals surface area contributed by atoms with Crippen LogP contribution in [0.1, 0.15) is 16.7 Å². The average molecular weight is 270 g/mol. The van der Waals surface area contributed by atoms with E-state index in [1.54, 1.807) is 20.1 Å². The van der Waals surface area contributed by atoms with E-state index in [1.807, 2.05) is 30.3 Å². The van der Waals surface area contributed by atoms with Crippen LogP contribution in [-0.4, -0.2) is 7.11 Å². The monoisotopic (exact) mass is 270 g/mol. The van der Waals surface area contributed by atoms with Crippen molar-refractivity contribution in [2.45, 2.75) is 13.5 Å². The van der Waals surface area contributed by atoms with E-state index in [0.717, 1.165) is 11.3 Å². The number of nitrogens with zero attached hydrogens (tertiary/aromatic N) is 1. The molecule has 0 radical (unpaired) electrons. The Hall–Kier alpha value is -2.54. The van der Waals surface area contributed by atoms with Gasteiger partial charge in [0.25, 0.3) is 0 Å². The molecule has 3 nitrogen and oxygen atoms in total. The molecule has 2 aromatic rings. The lowest BCUT2D eigenvalue weighted by Gasteiger charge is -2.11. The van der Waals surface area contributed by atoms with Gasteiger partial charge in [-0.25, -0.2) is 4.39 Å². The number of ether oxygens (including phenoxy) is 1. The summed E-state index contributed by atoms with van der Waals surface area (Å²) in [5.74, 6) is 0.420. The number of methoxy groups -OCH3 is 1. The molecule has 102 valence electrons. The van der Waals surface area contributed by atoms with E-state index in [0.29, 0.717) is 23.4 Å². The first-order valence-electron chi connectivity index (χ1n) is 6.21. The number of benzene rings is 2.